The van der Waals surface area contributed by atoms with E-state index in [9.17, 15) is 22.4 Å². The Morgan fingerprint density at radius 1 is 0.755 bits per heavy atom. The molecule has 5 rings (SSSR count). The van der Waals surface area contributed by atoms with Crippen LogP contribution in [0.15, 0.2) is 54.6 Å². The zero-order valence-corrected chi connectivity index (χ0v) is 28.1. The number of ether oxygens (including phenoxy) is 4. The van der Waals surface area contributed by atoms with Crippen LogP contribution in [0.5, 0.6) is 0 Å². The highest BCUT2D eigenvalue weighted by Crippen LogP contribution is 2.37. The maximum Gasteiger partial charge on any atom is 0.277 e. The fourth-order valence-corrected chi connectivity index (χ4v) is 5.61. The molecule has 2 saturated heterocycles. The third kappa shape index (κ3) is 8.55. The number of benzene rings is 3. The summed E-state index contributed by atoms with van der Waals surface area (Å²) in [5, 5.41) is 1.04. The average molecular weight is 682 g/mol. The van der Waals surface area contributed by atoms with Crippen molar-refractivity contribution < 1.29 is 46.1 Å². The highest BCUT2D eigenvalue weighted by molar-refractivity contribution is 5.93. The van der Waals surface area contributed by atoms with Gasteiger partial charge >= 0.3 is 0 Å². The largest absolute Gasteiger partial charge is 0.348 e. The van der Waals surface area contributed by atoms with Gasteiger partial charge in [-0.2, -0.15) is 0 Å². The van der Waals surface area contributed by atoms with Crippen LogP contribution >= 0.6 is 0 Å². The summed E-state index contributed by atoms with van der Waals surface area (Å²) >= 11 is 0. The van der Waals surface area contributed by atoms with E-state index in [1.807, 2.05) is 39.8 Å². The first-order valence-corrected chi connectivity index (χ1v) is 15.8. The summed E-state index contributed by atoms with van der Waals surface area (Å²) in [5.41, 5.74) is 0.497. The van der Waals surface area contributed by atoms with Crippen LogP contribution in [0.4, 0.5) is 17.6 Å². The predicted molar refractivity (Wildman–Crippen MR) is 178 cm³/mol. The molecule has 11 heteroatoms. The molecule has 2 heterocycles. The lowest BCUT2D eigenvalue weighted by Crippen LogP contribution is -2.38. The normalized spacial score (nSPS) is 21.8. The summed E-state index contributed by atoms with van der Waals surface area (Å²) in [6.45, 7) is 7.85. The summed E-state index contributed by atoms with van der Waals surface area (Å²) in [7, 11) is 2.79. The number of hydrogen-bond donors (Lipinski definition) is 0. The van der Waals surface area contributed by atoms with Gasteiger partial charge in [0.25, 0.3) is 5.91 Å². The topological polar surface area (TPSA) is 66.5 Å². The lowest BCUT2D eigenvalue weighted by atomic mass is 10.0. The Balaban J connectivity index is 1.23. The summed E-state index contributed by atoms with van der Waals surface area (Å²) in [4.78, 5) is 17.0. The van der Waals surface area contributed by atoms with Gasteiger partial charge in [0.15, 0.2) is 34.8 Å². The number of amides is 1. The van der Waals surface area contributed by atoms with E-state index in [2.05, 4.69) is 0 Å². The molecule has 1 amide bonds. The highest BCUT2D eigenvalue weighted by Gasteiger charge is 2.49. The lowest BCUT2D eigenvalue weighted by molar-refractivity contribution is -0.174. The van der Waals surface area contributed by atoms with E-state index < -0.39 is 51.9 Å². The standard InChI is InChI=1S/C38H39F4NO6/c1-37(2)46-22-30(48-37)35-29(47-38(3,4)49-35)9-7-8-23-10-12-24(13-11-23)16-20-27-31(39)33(41)28(34(42)32(27)40)21-17-25-14-18-26(19-15-25)36(44)43(5)45-6/h7-8,10-21,29-30,35H,9,22H2,1-6H3/b8-7+,20-16+,21-17+/t29-,30-,35+/m1/s1. The summed E-state index contributed by atoms with van der Waals surface area (Å²) in [5.74, 6) is -7.92. The first-order chi connectivity index (χ1) is 23.2. The van der Waals surface area contributed by atoms with Crippen LogP contribution in [-0.2, 0) is 23.8 Å². The van der Waals surface area contributed by atoms with E-state index in [0.29, 0.717) is 29.7 Å². The van der Waals surface area contributed by atoms with Gasteiger partial charge in [0.05, 0.1) is 30.9 Å². The summed E-state index contributed by atoms with van der Waals surface area (Å²) < 4.78 is 83.7. The summed E-state index contributed by atoms with van der Waals surface area (Å²) in [6.07, 6.45) is 8.26. The maximum atomic E-state index is 15.0. The molecule has 0 saturated carbocycles. The van der Waals surface area contributed by atoms with Crippen molar-refractivity contribution in [2.45, 2.75) is 64.0 Å². The molecule has 2 aliphatic heterocycles. The van der Waals surface area contributed by atoms with Crippen molar-refractivity contribution in [1.82, 2.24) is 5.06 Å². The molecule has 0 N–H and O–H groups in total. The second-order valence-electron chi connectivity index (χ2n) is 12.7. The second kappa shape index (κ2) is 14.8. The molecular formula is C38H39F4NO6. The molecule has 2 fully saturated rings. The van der Waals surface area contributed by atoms with Gasteiger partial charge in [-0.15, -0.1) is 0 Å². The van der Waals surface area contributed by atoms with Crippen molar-refractivity contribution in [2.75, 3.05) is 20.8 Å². The molecule has 0 aliphatic carbocycles. The fourth-order valence-electron chi connectivity index (χ4n) is 5.61. The number of nitrogens with zero attached hydrogens (tertiary/aromatic N) is 1. The third-order valence-corrected chi connectivity index (χ3v) is 8.17. The minimum atomic E-state index is -1.53. The molecule has 0 spiro atoms. The van der Waals surface area contributed by atoms with Crippen molar-refractivity contribution in [3.63, 3.8) is 0 Å². The van der Waals surface area contributed by atoms with Gasteiger partial charge in [-0.05, 0) is 75.1 Å². The highest BCUT2D eigenvalue weighted by atomic mass is 19.2. The molecule has 2 aliphatic rings. The van der Waals surface area contributed by atoms with Gasteiger partial charge in [-0.3, -0.25) is 9.63 Å². The lowest BCUT2D eigenvalue weighted by Gasteiger charge is -2.23. The molecule has 0 bridgehead atoms. The minimum Gasteiger partial charge on any atom is -0.348 e. The van der Waals surface area contributed by atoms with Gasteiger partial charge in [0, 0.05) is 12.6 Å². The first-order valence-electron chi connectivity index (χ1n) is 15.8. The molecule has 7 nitrogen and oxygen atoms in total. The molecule has 0 aromatic heterocycles. The van der Waals surface area contributed by atoms with Gasteiger partial charge < -0.3 is 18.9 Å². The molecular weight excluding hydrogens is 642 g/mol. The zero-order chi connectivity index (χ0) is 35.5. The van der Waals surface area contributed by atoms with Crippen molar-refractivity contribution in [3.8, 4) is 0 Å². The molecule has 3 aromatic carbocycles. The molecule has 49 heavy (non-hydrogen) atoms. The quantitative estimate of drug-likeness (QED) is 0.0929. The van der Waals surface area contributed by atoms with E-state index in [1.165, 1.54) is 50.6 Å². The monoisotopic (exact) mass is 681 g/mol. The fraction of sp³-hybridized carbons (Fsp3) is 0.342. The van der Waals surface area contributed by atoms with Gasteiger partial charge in [-0.1, -0.05) is 60.7 Å². The van der Waals surface area contributed by atoms with Gasteiger partial charge in [0.1, 0.15) is 12.2 Å². The molecule has 3 atom stereocenters. The van der Waals surface area contributed by atoms with Crippen LogP contribution in [-0.4, -0.2) is 61.6 Å². The van der Waals surface area contributed by atoms with Crippen LogP contribution < -0.4 is 0 Å². The van der Waals surface area contributed by atoms with Crippen LogP contribution in [0, 0.1) is 23.3 Å². The average Bonchev–Trinajstić information content (AvgIpc) is 3.60. The van der Waals surface area contributed by atoms with Crippen LogP contribution in [0.1, 0.15) is 72.3 Å². The number of carbonyl (C=O) groups is 1. The maximum absolute atomic E-state index is 15.0. The zero-order valence-electron chi connectivity index (χ0n) is 28.1. The Kier molecular flexibility index (Phi) is 10.9. The molecule has 3 aromatic rings. The number of carbonyl (C=O) groups excluding carboxylic acids is 1. The second-order valence-corrected chi connectivity index (χ2v) is 12.7. The first kappa shape index (κ1) is 36.2. The Bertz CT molecular complexity index is 1720. The van der Waals surface area contributed by atoms with Crippen molar-refractivity contribution in [3.05, 3.63) is 111 Å². The Hall–Kier alpha value is -4.13. The van der Waals surface area contributed by atoms with E-state index in [1.54, 1.807) is 24.3 Å². The smallest absolute Gasteiger partial charge is 0.277 e. The van der Waals surface area contributed by atoms with E-state index in [-0.39, 0.29) is 18.3 Å². The van der Waals surface area contributed by atoms with E-state index in [4.69, 9.17) is 23.8 Å². The number of hydrogen-bond acceptors (Lipinski definition) is 6. The van der Waals surface area contributed by atoms with E-state index in [0.717, 1.165) is 22.8 Å². The minimum absolute atomic E-state index is 0.240. The molecule has 260 valence electrons. The van der Waals surface area contributed by atoms with Crippen LogP contribution in [0.3, 0.4) is 0 Å². The SMILES string of the molecule is CON(C)C(=O)c1ccc(/C=C/c2c(F)c(F)c(/C=C/c3ccc(/C=C/C[C@H]4OC(C)(C)O[C@@H]4[C@H]4COC(C)(C)O4)cc3)c(F)c2F)cc1. The van der Waals surface area contributed by atoms with Crippen molar-refractivity contribution in [2.24, 2.45) is 0 Å². The van der Waals surface area contributed by atoms with Gasteiger partial charge in [-0.25, -0.2) is 22.6 Å². The van der Waals surface area contributed by atoms with Crippen molar-refractivity contribution >= 4 is 36.3 Å². The summed E-state index contributed by atoms with van der Waals surface area (Å²) in [6, 6.07) is 13.1. The Morgan fingerprint density at radius 2 is 1.24 bits per heavy atom. The number of rotatable bonds is 10. The molecule has 0 unspecified atom stereocenters. The molecule has 0 radical (unpaired) electrons. The van der Waals surface area contributed by atoms with E-state index >= 15 is 0 Å². The van der Waals surface area contributed by atoms with Crippen LogP contribution in [0.2, 0.25) is 0 Å². The number of hydroxylamine groups is 2. The van der Waals surface area contributed by atoms with Gasteiger partial charge in [0.2, 0.25) is 0 Å². The number of halogens is 4. The van der Waals surface area contributed by atoms with Crippen LogP contribution in [0.25, 0.3) is 30.4 Å². The Labute approximate surface area is 283 Å². The third-order valence-electron chi connectivity index (χ3n) is 8.17. The predicted octanol–water partition coefficient (Wildman–Crippen LogP) is 8.29. The van der Waals surface area contributed by atoms with Crippen molar-refractivity contribution in [1.29, 1.82) is 0 Å². The Morgan fingerprint density at radius 3 is 1.71 bits per heavy atom.